The maximum atomic E-state index is 13.1. The Kier molecular flexibility index (Phi) is 6.13. The molecule has 164 valence electrons. The first-order valence-corrected chi connectivity index (χ1v) is 11.7. The van der Waals surface area contributed by atoms with Crippen molar-refractivity contribution >= 4 is 56.8 Å². The highest BCUT2D eigenvalue weighted by molar-refractivity contribution is 7.14. The summed E-state index contributed by atoms with van der Waals surface area (Å²) >= 11 is 13.9. The van der Waals surface area contributed by atoms with Crippen molar-refractivity contribution in [1.29, 1.82) is 0 Å². The molecular weight excluding hydrogens is 478 g/mol. The van der Waals surface area contributed by atoms with E-state index in [9.17, 15) is 4.39 Å². The van der Waals surface area contributed by atoms with Gasteiger partial charge < -0.3 is 4.57 Å². The molecule has 8 heteroatoms. The van der Waals surface area contributed by atoms with Crippen LogP contribution < -0.4 is 5.43 Å². The lowest BCUT2D eigenvalue weighted by molar-refractivity contribution is 0.628. The molecule has 0 aliphatic heterocycles. The van der Waals surface area contributed by atoms with E-state index in [4.69, 9.17) is 23.2 Å². The van der Waals surface area contributed by atoms with Crippen molar-refractivity contribution in [3.63, 3.8) is 0 Å². The molecule has 3 aromatic carbocycles. The topological polar surface area (TPSA) is 42.2 Å². The summed E-state index contributed by atoms with van der Waals surface area (Å²) in [6.45, 7) is 0.616. The van der Waals surface area contributed by atoms with Crippen molar-refractivity contribution in [1.82, 2.24) is 9.55 Å². The van der Waals surface area contributed by atoms with Gasteiger partial charge in [-0.2, -0.15) is 5.10 Å². The highest BCUT2D eigenvalue weighted by Crippen LogP contribution is 2.27. The fourth-order valence-corrected chi connectivity index (χ4v) is 4.71. The molecule has 0 radical (unpaired) electrons. The minimum absolute atomic E-state index is 0.269. The largest absolute Gasteiger partial charge is 0.342 e. The molecule has 4 nitrogen and oxygen atoms in total. The van der Waals surface area contributed by atoms with Gasteiger partial charge in [0, 0.05) is 50.2 Å². The standard InChI is InChI=1S/C25H17Cl2FN4S/c26-19-8-5-17(22(27)11-19)13-32-14-18(21-3-1-2-4-24(21)32)12-29-31-25-30-23(15-33-25)16-6-9-20(28)10-7-16/h1-12,14-15H,13H2,(H,30,31)/b29-12-. The van der Waals surface area contributed by atoms with E-state index >= 15 is 0 Å². The Labute approximate surface area is 203 Å². The number of benzene rings is 3. The minimum Gasteiger partial charge on any atom is -0.342 e. The number of hydrazone groups is 1. The van der Waals surface area contributed by atoms with Crippen LogP contribution in [0.1, 0.15) is 11.1 Å². The van der Waals surface area contributed by atoms with E-state index in [1.54, 1.807) is 24.4 Å². The number of aromatic nitrogens is 2. The molecular formula is C25H17Cl2FN4S. The van der Waals surface area contributed by atoms with E-state index < -0.39 is 0 Å². The van der Waals surface area contributed by atoms with Crippen molar-refractivity contribution < 1.29 is 4.39 Å². The van der Waals surface area contributed by atoms with Crippen molar-refractivity contribution in [2.24, 2.45) is 5.10 Å². The van der Waals surface area contributed by atoms with Crippen LogP contribution in [-0.2, 0) is 6.54 Å². The van der Waals surface area contributed by atoms with Crippen LogP contribution in [-0.4, -0.2) is 15.8 Å². The highest BCUT2D eigenvalue weighted by atomic mass is 35.5. The Bertz CT molecular complexity index is 1460. The van der Waals surface area contributed by atoms with Crippen molar-refractivity contribution in [3.05, 3.63) is 105 Å². The second-order valence-electron chi connectivity index (χ2n) is 7.38. The third kappa shape index (κ3) is 4.78. The number of hydrogen-bond donors (Lipinski definition) is 1. The number of para-hydroxylation sites is 1. The Morgan fingerprint density at radius 1 is 1.06 bits per heavy atom. The molecule has 33 heavy (non-hydrogen) atoms. The van der Waals surface area contributed by atoms with Crippen LogP contribution in [0.5, 0.6) is 0 Å². The van der Waals surface area contributed by atoms with Crippen LogP contribution in [0.25, 0.3) is 22.2 Å². The molecule has 0 saturated carbocycles. The van der Waals surface area contributed by atoms with Gasteiger partial charge in [0.25, 0.3) is 0 Å². The van der Waals surface area contributed by atoms with Crippen molar-refractivity contribution in [2.45, 2.75) is 6.54 Å². The average molecular weight is 495 g/mol. The number of thiazole rings is 1. The fraction of sp³-hybridized carbons (Fsp3) is 0.0400. The molecule has 0 amide bonds. The molecule has 0 saturated heterocycles. The minimum atomic E-state index is -0.269. The van der Waals surface area contributed by atoms with Crippen molar-refractivity contribution in [2.75, 3.05) is 5.43 Å². The first kappa shape index (κ1) is 21.6. The number of nitrogens with zero attached hydrogens (tertiary/aromatic N) is 3. The van der Waals surface area contributed by atoms with E-state index in [0.29, 0.717) is 21.7 Å². The number of anilines is 1. The van der Waals surface area contributed by atoms with Gasteiger partial charge in [-0.15, -0.1) is 11.3 Å². The van der Waals surface area contributed by atoms with E-state index in [0.717, 1.165) is 33.3 Å². The Balaban J connectivity index is 1.36. The van der Waals surface area contributed by atoms with E-state index in [1.807, 2.05) is 35.8 Å². The molecule has 5 rings (SSSR count). The average Bonchev–Trinajstić information content (AvgIpc) is 3.42. The zero-order valence-electron chi connectivity index (χ0n) is 17.2. The lowest BCUT2D eigenvalue weighted by Gasteiger charge is -2.08. The normalized spacial score (nSPS) is 11.5. The van der Waals surface area contributed by atoms with Gasteiger partial charge in [-0.1, -0.05) is 47.5 Å². The van der Waals surface area contributed by atoms with Gasteiger partial charge in [-0.25, -0.2) is 9.37 Å². The monoisotopic (exact) mass is 494 g/mol. The summed E-state index contributed by atoms with van der Waals surface area (Å²) in [5.41, 5.74) is 7.66. The van der Waals surface area contributed by atoms with Gasteiger partial charge in [0.1, 0.15) is 5.82 Å². The van der Waals surface area contributed by atoms with Crippen LogP contribution in [0.3, 0.4) is 0 Å². The second kappa shape index (κ2) is 9.35. The van der Waals surface area contributed by atoms with Gasteiger partial charge in [0.05, 0.1) is 11.9 Å². The van der Waals surface area contributed by atoms with Crippen LogP contribution >= 0.6 is 34.5 Å². The number of hydrogen-bond acceptors (Lipinski definition) is 4. The van der Waals surface area contributed by atoms with Crippen LogP contribution in [0, 0.1) is 5.82 Å². The van der Waals surface area contributed by atoms with Gasteiger partial charge in [-0.3, -0.25) is 5.43 Å². The lowest BCUT2D eigenvalue weighted by Crippen LogP contribution is -1.98. The molecule has 0 atom stereocenters. The summed E-state index contributed by atoms with van der Waals surface area (Å²) in [7, 11) is 0. The molecule has 0 aliphatic carbocycles. The van der Waals surface area contributed by atoms with Gasteiger partial charge in [0.15, 0.2) is 0 Å². The molecule has 2 heterocycles. The SMILES string of the molecule is Fc1ccc(-c2csc(N/N=C\c3cn(Cc4ccc(Cl)cc4Cl)c4ccccc34)n2)cc1. The van der Waals surface area contributed by atoms with Gasteiger partial charge >= 0.3 is 0 Å². The third-order valence-electron chi connectivity index (χ3n) is 5.18. The maximum Gasteiger partial charge on any atom is 0.203 e. The summed E-state index contributed by atoms with van der Waals surface area (Å²) in [5.74, 6) is -0.269. The summed E-state index contributed by atoms with van der Waals surface area (Å²) in [4.78, 5) is 4.52. The third-order valence-corrected chi connectivity index (χ3v) is 6.52. The Morgan fingerprint density at radius 3 is 2.70 bits per heavy atom. The molecule has 0 bridgehead atoms. The van der Waals surface area contributed by atoms with Gasteiger partial charge in [-0.05, 0) is 48.0 Å². The van der Waals surface area contributed by atoms with E-state index in [2.05, 4.69) is 32.2 Å². The molecule has 0 unspecified atom stereocenters. The summed E-state index contributed by atoms with van der Waals surface area (Å²) in [6.07, 6.45) is 3.83. The molecule has 5 aromatic rings. The summed E-state index contributed by atoms with van der Waals surface area (Å²) < 4.78 is 15.3. The molecule has 0 spiro atoms. The fourth-order valence-electron chi connectivity index (χ4n) is 3.58. The Morgan fingerprint density at radius 2 is 1.88 bits per heavy atom. The predicted molar refractivity (Wildman–Crippen MR) is 136 cm³/mol. The molecule has 1 N–H and O–H groups in total. The first-order valence-electron chi connectivity index (χ1n) is 10.1. The zero-order valence-corrected chi connectivity index (χ0v) is 19.5. The summed E-state index contributed by atoms with van der Waals surface area (Å²) in [6, 6.07) is 19.9. The number of fused-ring (bicyclic) bond motifs is 1. The van der Waals surface area contributed by atoms with Crippen LogP contribution in [0.4, 0.5) is 9.52 Å². The molecule has 0 fully saturated rings. The Hall–Kier alpha value is -3.19. The van der Waals surface area contributed by atoms with Crippen LogP contribution in [0.15, 0.2) is 83.4 Å². The molecule has 2 aromatic heterocycles. The zero-order chi connectivity index (χ0) is 22.8. The number of rotatable bonds is 6. The lowest BCUT2D eigenvalue weighted by atomic mass is 10.2. The second-order valence-corrected chi connectivity index (χ2v) is 9.08. The maximum absolute atomic E-state index is 13.1. The van der Waals surface area contributed by atoms with Crippen molar-refractivity contribution in [3.8, 4) is 11.3 Å². The first-order chi connectivity index (χ1) is 16.1. The molecule has 0 aliphatic rings. The number of nitrogens with one attached hydrogen (secondary N) is 1. The van der Waals surface area contributed by atoms with Gasteiger partial charge in [0.2, 0.25) is 5.13 Å². The van der Waals surface area contributed by atoms with Crippen LogP contribution in [0.2, 0.25) is 10.0 Å². The quantitative estimate of drug-likeness (QED) is 0.194. The smallest absolute Gasteiger partial charge is 0.203 e. The summed E-state index contributed by atoms with van der Waals surface area (Å²) in [5, 5.41) is 9.29. The number of halogens is 3. The van der Waals surface area contributed by atoms with E-state index in [-0.39, 0.29) is 5.82 Å². The highest BCUT2D eigenvalue weighted by Gasteiger charge is 2.10. The van der Waals surface area contributed by atoms with E-state index in [1.165, 1.54) is 23.5 Å². The predicted octanol–water partition coefficient (Wildman–Crippen LogP) is 7.71.